The summed E-state index contributed by atoms with van der Waals surface area (Å²) in [6, 6.07) is 26.0. The van der Waals surface area contributed by atoms with Crippen molar-refractivity contribution in [1.82, 2.24) is 0 Å². The van der Waals surface area contributed by atoms with E-state index >= 15 is 0 Å². The maximum Gasteiger partial charge on any atom is 0.208 e. The summed E-state index contributed by atoms with van der Waals surface area (Å²) in [5.74, 6) is 1.18. The fourth-order valence-corrected chi connectivity index (χ4v) is 4.68. The molecule has 0 fully saturated rings. The van der Waals surface area contributed by atoms with E-state index in [1.807, 2.05) is 69.3 Å². The molecule has 0 aliphatic heterocycles. The summed E-state index contributed by atoms with van der Waals surface area (Å²) >= 11 is 0. The van der Waals surface area contributed by atoms with Gasteiger partial charge < -0.3 is 9.84 Å². The van der Waals surface area contributed by atoms with Gasteiger partial charge in [0.15, 0.2) is 15.5 Å². The van der Waals surface area contributed by atoms with Gasteiger partial charge in [-0.2, -0.15) is 0 Å². The number of rotatable bonds is 4. The van der Waals surface area contributed by atoms with E-state index in [9.17, 15) is 5.11 Å². The third-order valence-corrected chi connectivity index (χ3v) is 5.82. The molecule has 0 bridgehead atoms. The second kappa shape index (κ2) is 7.24. The van der Waals surface area contributed by atoms with Crippen LogP contribution >= 0.6 is 0 Å². The minimum Gasteiger partial charge on any atom is -0.503 e. The van der Waals surface area contributed by atoms with Crippen molar-refractivity contribution in [2.24, 2.45) is 0 Å². The van der Waals surface area contributed by atoms with Crippen molar-refractivity contribution in [3.05, 3.63) is 78.9 Å². The van der Waals surface area contributed by atoms with Crippen LogP contribution in [-0.4, -0.2) is 10.7 Å². The molecule has 1 atom stereocenters. The van der Waals surface area contributed by atoms with Gasteiger partial charge in [0.2, 0.25) is 4.90 Å². The van der Waals surface area contributed by atoms with E-state index in [1.165, 1.54) is 4.90 Å². The highest BCUT2D eigenvalue weighted by atomic mass is 32.2. The van der Waals surface area contributed by atoms with Gasteiger partial charge in [-0.1, -0.05) is 30.3 Å². The predicted molar refractivity (Wildman–Crippen MR) is 104 cm³/mol. The average molecular weight is 351 g/mol. The Balaban J connectivity index is 2.02. The third kappa shape index (κ3) is 4.37. The van der Waals surface area contributed by atoms with E-state index in [2.05, 4.69) is 24.3 Å². The van der Waals surface area contributed by atoms with E-state index in [1.54, 1.807) is 6.07 Å². The number of hydrogen-bond acceptors (Lipinski definition) is 2. The van der Waals surface area contributed by atoms with E-state index in [4.69, 9.17) is 4.74 Å². The molecule has 0 aromatic heterocycles. The molecular weight excluding hydrogens is 328 g/mol. The summed E-state index contributed by atoms with van der Waals surface area (Å²) in [4.78, 5) is 3.25. The van der Waals surface area contributed by atoms with Gasteiger partial charge in [-0.05, 0) is 69.3 Å². The van der Waals surface area contributed by atoms with Crippen LogP contribution in [-0.2, 0) is 10.9 Å². The Hall–Kier alpha value is -2.39. The summed E-state index contributed by atoms with van der Waals surface area (Å²) in [6.07, 6.45) is 0. The molecule has 2 nitrogen and oxygen atoms in total. The highest BCUT2D eigenvalue weighted by Crippen LogP contribution is 2.36. The van der Waals surface area contributed by atoms with Crippen LogP contribution in [0.4, 0.5) is 0 Å². The van der Waals surface area contributed by atoms with Crippen molar-refractivity contribution in [3.63, 3.8) is 0 Å². The minimum atomic E-state index is -0.363. The van der Waals surface area contributed by atoms with Gasteiger partial charge >= 0.3 is 0 Å². The molecule has 1 N–H and O–H groups in total. The number of phenols is 1. The fourth-order valence-electron chi connectivity index (χ4n) is 2.57. The molecule has 0 aliphatic carbocycles. The zero-order valence-corrected chi connectivity index (χ0v) is 15.6. The number of ether oxygens (including phenoxy) is 1. The molecule has 3 heteroatoms. The van der Waals surface area contributed by atoms with Crippen molar-refractivity contribution < 1.29 is 9.84 Å². The zero-order chi connectivity index (χ0) is 17.9. The van der Waals surface area contributed by atoms with Crippen molar-refractivity contribution in [2.45, 2.75) is 41.1 Å². The molecule has 0 aliphatic rings. The van der Waals surface area contributed by atoms with Gasteiger partial charge in [-0.15, -0.1) is 0 Å². The van der Waals surface area contributed by atoms with E-state index in [-0.39, 0.29) is 16.5 Å². The summed E-state index contributed by atoms with van der Waals surface area (Å²) in [5, 5.41) is 10.4. The Morgan fingerprint density at radius 3 is 1.88 bits per heavy atom. The van der Waals surface area contributed by atoms with Gasteiger partial charge in [0.1, 0.15) is 22.2 Å². The van der Waals surface area contributed by atoms with Crippen LogP contribution in [0, 0.1) is 0 Å². The van der Waals surface area contributed by atoms with Gasteiger partial charge in [-0.3, -0.25) is 0 Å². The molecule has 25 heavy (non-hydrogen) atoms. The molecule has 0 saturated heterocycles. The quantitative estimate of drug-likeness (QED) is 0.614. The predicted octanol–water partition coefficient (Wildman–Crippen LogP) is 5.66. The van der Waals surface area contributed by atoms with Gasteiger partial charge in [0.25, 0.3) is 0 Å². The molecule has 1 unspecified atom stereocenters. The molecule has 0 amide bonds. The lowest BCUT2D eigenvalue weighted by atomic mass is 10.2. The van der Waals surface area contributed by atoms with Crippen molar-refractivity contribution in [2.75, 3.05) is 0 Å². The summed E-state index contributed by atoms with van der Waals surface area (Å²) < 4.78 is 5.93. The Labute approximate surface area is 152 Å². The van der Waals surface area contributed by atoms with E-state index < -0.39 is 0 Å². The lowest BCUT2D eigenvalue weighted by Crippen LogP contribution is -2.22. The number of hydrogen-bond donors (Lipinski definition) is 1. The third-order valence-electron chi connectivity index (χ3n) is 3.55. The molecule has 3 aromatic rings. The molecule has 0 heterocycles. The van der Waals surface area contributed by atoms with Crippen LogP contribution < -0.4 is 4.74 Å². The summed E-state index contributed by atoms with van der Waals surface area (Å²) in [7, 11) is -0.363. The molecule has 0 radical (unpaired) electrons. The van der Waals surface area contributed by atoms with Gasteiger partial charge in [0, 0.05) is 0 Å². The first-order valence-corrected chi connectivity index (χ1v) is 9.53. The van der Waals surface area contributed by atoms with E-state index in [0.717, 1.165) is 15.5 Å². The maximum atomic E-state index is 10.4. The average Bonchev–Trinajstić information content (AvgIpc) is 2.58. The zero-order valence-electron chi connectivity index (χ0n) is 14.8. The van der Waals surface area contributed by atoms with Crippen LogP contribution in [0.15, 0.2) is 93.5 Å². The highest BCUT2D eigenvalue weighted by molar-refractivity contribution is 7.97. The van der Waals surface area contributed by atoms with Gasteiger partial charge in [0.05, 0.1) is 0 Å². The van der Waals surface area contributed by atoms with Crippen LogP contribution in [0.3, 0.4) is 0 Å². The smallest absolute Gasteiger partial charge is 0.208 e. The fraction of sp³-hybridized carbons (Fsp3) is 0.182. The maximum absolute atomic E-state index is 10.4. The summed E-state index contributed by atoms with van der Waals surface area (Å²) in [5.41, 5.74) is -0.222. The highest BCUT2D eigenvalue weighted by Gasteiger charge is 2.31. The standard InChI is InChI=1S/C22H22O2S/c1-22(2,3)24-17-13-15-19(16-14-17)25(18-9-5-4-6-10-18)21-12-8-7-11-20(21)23/h4-16H,1-3H3/p+1. The first-order chi connectivity index (χ1) is 11.9. The van der Waals surface area contributed by atoms with Crippen LogP contribution in [0.1, 0.15) is 20.8 Å². The SMILES string of the molecule is CC(C)(C)Oc1ccc([S+](c2ccccc2)c2ccccc2O)cc1. The molecule has 0 spiro atoms. The lowest BCUT2D eigenvalue weighted by Gasteiger charge is -2.21. The molecule has 3 aromatic carbocycles. The Bertz CT molecular complexity index is 821. The topological polar surface area (TPSA) is 29.5 Å². The number of para-hydroxylation sites is 1. The largest absolute Gasteiger partial charge is 0.503 e. The molecular formula is C22H23O2S+. The van der Waals surface area contributed by atoms with Gasteiger partial charge in [-0.25, -0.2) is 0 Å². The first kappa shape index (κ1) is 17.4. The first-order valence-electron chi connectivity index (χ1n) is 8.30. The number of phenolic OH excluding ortho intramolecular Hbond substituents is 1. The molecule has 3 rings (SSSR count). The normalized spacial score (nSPS) is 12.6. The van der Waals surface area contributed by atoms with Crippen LogP contribution in [0.5, 0.6) is 11.5 Å². The molecule has 128 valence electrons. The second-order valence-electron chi connectivity index (χ2n) is 6.77. The monoisotopic (exact) mass is 351 g/mol. The Kier molecular flexibility index (Phi) is 5.05. The minimum absolute atomic E-state index is 0.222. The van der Waals surface area contributed by atoms with Crippen molar-refractivity contribution >= 4 is 10.9 Å². The lowest BCUT2D eigenvalue weighted by molar-refractivity contribution is 0.131. The molecule has 0 saturated carbocycles. The van der Waals surface area contributed by atoms with Crippen LogP contribution in [0.25, 0.3) is 0 Å². The van der Waals surface area contributed by atoms with Crippen molar-refractivity contribution in [3.8, 4) is 11.5 Å². The van der Waals surface area contributed by atoms with Crippen LogP contribution in [0.2, 0.25) is 0 Å². The number of aromatic hydroxyl groups is 1. The second-order valence-corrected chi connectivity index (χ2v) is 8.77. The van der Waals surface area contributed by atoms with E-state index in [0.29, 0.717) is 5.75 Å². The van der Waals surface area contributed by atoms with Crippen molar-refractivity contribution in [1.29, 1.82) is 0 Å². The Morgan fingerprint density at radius 1 is 0.720 bits per heavy atom. The summed E-state index contributed by atoms with van der Waals surface area (Å²) in [6.45, 7) is 6.12. The number of benzene rings is 3. The Morgan fingerprint density at radius 2 is 1.28 bits per heavy atom.